The number of benzene rings is 1. The molecule has 7 heteroatoms. The maximum atomic E-state index is 12.4. The Bertz CT molecular complexity index is 741. The van der Waals surface area contributed by atoms with E-state index in [-0.39, 0.29) is 17.7 Å². The van der Waals surface area contributed by atoms with Crippen LogP contribution in [0.15, 0.2) is 24.3 Å². The summed E-state index contributed by atoms with van der Waals surface area (Å²) in [5, 5.41) is 12.2. The number of aromatic nitrogens is 2. The zero-order valence-electron chi connectivity index (χ0n) is 13.1. The number of hydrogen-bond acceptors (Lipinski definition) is 5. The van der Waals surface area contributed by atoms with Crippen LogP contribution in [0, 0.1) is 0 Å². The van der Waals surface area contributed by atoms with Gasteiger partial charge in [0.25, 0.3) is 5.91 Å². The Morgan fingerprint density at radius 3 is 2.83 bits per heavy atom. The number of anilines is 2. The van der Waals surface area contributed by atoms with Crippen LogP contribution in [0.3, 0.4) is 0 Å². The summed E-state index contributed by atoms with van der Waals surface area (Å²) >= 11 is 1.38. The fraction of sp³-hybridized carbons (Fsp3) is 0.375. The third kappa shape index (κ3) is 3.39. The largest absolute Gasteiger partial charge is 0.312 e. The summed E-state index contributed by atoms with van der Waals surface area (Å²) in [6, 6.07) is 7.10. The number of nitrogens with one attached hydrogen (secondary N) is 1. The van der Waals surface area contributed by atoms with Gasteiger partial charge < -0.3 is 4.90 Å². The Kier molecular flexibility index (Phi) is 4.38. The number of hydrogen-bond donors (Lipinski definition) is 1. The summed E-state index contributed by atoms with van der Waals surface area (Å²) in [4.78, 5) is 25.9. The molecule has 6 nitrogen and oxygen atoms in total. The molecule has 120 valence electrons. The molecule has 23 heavy (non-hydrogen) atoms. The van der Waals surface area contributed by atoms with Gasteiger partial charge in [-0.3, -0.25) is 14.9 Å². The smallest absolute Gasteiger partial charge is 0.257 e. The van der Waals surface area contributed by atoms with E-state index in [0.29, 0.717) is 23.7 Å². The molecule has 0 bridgehead atoms. The molecule has 2 amide bonds. The third-order valence-electron chi connectivity index (χ3n) is 3.65. The van der Waals surface area contributed by atoms with Crippen molar-refractivity contribution in [3.05, 3.63) is 34.8 Å². The highest BCUT2D eigenvalue weighted by Gasteiger charge is 2.22. The van der Waals surface area contributed by atoms with Gasteiger partial charge in [0.15, 0.2) is 0 Å². The van der Waals surface area contributed by atoms with Crippen LogP contribution in [-0.4, -0.2) is 28.6 Å². The first-order valence-electron chi connectivity index (χ1n) is 7.60. The average Bonchev–Trinajstić information content (AvgIpc) is 3.16. The lowest BCUT2D eigenvalue weighted by atomic mass is 10.2. The summed E-state index contributed by atoms with van der Waals surface area (Å²) in [7, 11) is 0. The molecule has 0 spiro atoms. The van der Waals surface area contributed by atoms with Gasteiger partial charge in [-0.2, -0.15) is 0 Å². The third-order valence-corrected chi connectivity index (χ3v) is 4.79. The normalized spacial score (nSPS) is 14.6. The Morgan fingerprint density at radius 2 is 2.17 bits per heavy atom. The van der Waals surface area contributed by atoms with E-state index >= 15 is 0 Å². The second-order valence-corrected chi connectivity index (χ2v) is 6.76. The topological polar surface area (TPSA) is 75.2 Å². The highest BCUT2D eigenvalue weighted by Crippen LogP contribution is 2.25. The molecule has 3 rings (SSSR count). The first-order valence-corrected chi connectivity index (χ1v) is 8.41. The predicted molar refractivity (Wildman–Crippen MR) is 90.0 cm³/mol. The zero-order chi connectivity index (χ0) is 16.4. The quantitative estimate of drug-likeness (QED) is 0.935. The van der Waals surface area contributed by atoms with E-state index in [4.69, 9.17) is 0 Å². The molecule has 1 aliphatic heterocycles. The average molecular weight is 330 g/mol. The molecule has 1 fully saturated rings. The highest BCUT2D eigenvalue weighted by atomic mass is 32.1. The van der Waals surface area contributed by atoms with Crippen LogP contribution >= 0.6 is 11.3 Å². The summed E-state index contributed by atoms with van der Waals surface area (Å²) in [6.45, 7) is 4.77. The standard InChI is InChI=1S/C16H18N4O2S/c1-10(2)15-18-19-16(23-15)17-14(22)11-5-3-6-12(9-11)20-8-4-7-13(20)21/h3,5-6,9-10H,4,7-8H2,1-2H3,(H,17,19,22). The molecule has 2 aromatic rings. The second-order valence-electron chi connectivity index (χ2n) is 5.75. The molecular formula is C16H18N4O2S. The summed E-state index contributed by atoms with van der Waals surface area (Å²) in [6.07, 6.45) is 1.43. The van der Waals surface area contributed by atoms with Gasteiger partial charge in [0.05, 0.1) is 0 Å². The van der Waals surface area contributed by atoms with Crippen LogP contribution in [0.25, 0.3) is 0 Å². The van der Waals surface area contributed by atoms with E-state index in [2.05, 4.69) is 15.5 Å². The Hall–Kier alpha value is -2.28. The van der Waals surface area contributed by atoms with E-state index in [9.17, 15) is 9.59 Å². The van der Waals surface area contributed by atoms with Crippen molar-refractivity contribution in [3.8, 4) is 0 Å². The van der Waals surface area contributed by atoms with Crippen LogP contribution in [0.2, 0.25) is 0 Å². The number of nitrogens with zero attached hydrogens (tertiary/aromatic N) is 3. The molecule has 0 unspecified atom stereocenters. The minimum atomic E-state index is -0.245. The van der Waals surface area contributed by atoms with Crippen LogP contribution in [0.5, 0.6) is 0 Å². The van der Waals surface area contributed by atoms with Crippen molar-refractivity contribution in [3.63, 3.8) is 0 Å². The van der Waals surface area contributed by atoms with Crippen molar-refractivity contribution in [2.24, 2.45) is 0 Å². The lowest BCUT2D eigenvalue weighted by Gasteiger charge is -2.16. The maximum absolute atomic E-state index is 12.4. The van der Waals surface area contributed by atoms with Gasteiger partial charge in [-0.05, 0) is 24.6 Å². The minimum absolute atomic E-state index is 0.105. The van der Waals surface area contributed by atoms with Crippen molar-refractivity contribution >= 4 is 34.0 Å². The van der Waals surface area contributed by atoms with Crippen LogP contribution < -0.4 is 10.2 Å². The second kappa shape index (κ2) is 6.45. The molecular weight excluding hydrogens is 312 g/mol. The monoisotopic (exact) mass is 330 g/mol. The fourth-order valence-corrected chi connectivity index (χ4v) is 3.16. The van der Waals surface area contributed by atoms with Gasteiger partial charge in [0.2, 0.25) is 11.0 Å². The zero-order valence-corrected chi connectivity index (χ0v) is 13.9. The maximum Gasteiger partial charge on any atom is 0.257 e. The van der Waals surface area contributed by atoms with E-state index in [0.717, 1.165) is 17.1 Å². The summed E-state index contributed by atoms with van der Waals surface area (Å²) in [5.41, 5.74) is 1.27. The van der Waals surface area contributed by atoms with E-state index in [1.165, 1.54) is 11.3 Å². The van der Waals surface area contributed by atoms with E-state index in [1.807, 2.05) is 19.9 Å². The summed E-state index contributed by atoms with van der Waals surface area (Å²) in [5.74, 6) is 0.140. The van der Waals surface area contributed by atoms with Crippen molar-refractivity contribution in [2.75, 3.05) is 16.8 Å². The van der Waals surface area contributed by atoms with Gasteiger partial charge in [0.1, 0.15) is 5.01 Å². The van der Waals surface area contributed by atoms with E-state index in [1.54, 1.807) is 23.1 Å². The molecule has 1 aromatic heterocycles. The highest BCUT2D eigenvalue weighted by molar-refractivity contribution is 7.15. The van der Waals surface area contributed by atoms with Crippen molar-refractivity contribution in [2.45, 2.75) is 32.6 Å². The molecule has 0 saturated carbocycles. The van der Waals surface area contributed by atoms with Gasteiger partial charge >= 0.3 is 0 Å². The molecule has 0 radical (unpaired) electrons. The minimum Gasteiger partial charge on any atom is -0.312 e. The van der Waals surface area contributed by atoms with Crippen LogP contribution in [0.1, 0.15) is 48.0 Å². The lowest BCUT2D eigenvalue weighted by Crippen LogP contribution is -2.24. The Morgan fingerprint density at radius 1 is 1.35 bits per heavy atom. The fourth-order valence-electron chi connectivity index (χ4n) is 2.42. The van der Waals surface area contributed by atoms with Crippen LogP contribution in [0.4, 0.5) is 10.8 Å². The molecule has 0 aliphatic carbocycles. The molecule has 0 atom stereocenters. The first-order chi connectivity index (χ1) is 11.0. The molecule has 1 N–H and O–H groups in total. The molecule has 2 heterocycles. The van der Waals surface area contributed by atoms with Crippen LogP contribution in [-0.2, 0) is 4.79 Å². The van der Waals surface area contributed by atoms with Gasteiger partial charge in [-0.15, -0.1) is 10.2 Å². The Balaban J connectivity index is 1.75. The number of carbonyl (C=O) groups is 2. The Labute approximate surface area is 138 Å². The number of carbonyl (C=O) groups excluding carboxylic acids is 2. The molecule has 1 saturated heterocycles. The SMILES string of the molecule is CC(C)c1nnc(NC(=O)c2cccc(N3CCCC3=O)c2)s1. The first kappa shape index (κ1) is 15.6. The summed E-state index contributed by atoms with van der Waals surface area (Å²) < 4.78 is 0. The van der Waals surface area contributed by atoms with Gasteiger partial charge in [-0.25, -0.2) is 0 Å². The predicted octanol–water partition coefficient (Wildman–Crippen LogP) is 3.04. The number of amides is 2. The molecule has 1 aliphatic rings. The van der Waals surface area contributed by atoms with Crippen molar-refractivity contribution in [1.29, 1.82) is 0 Å². The number of rotatable bonds is 4. The van der Waals surface area contributed by atoms with Crippen molar-refractivity contribution in [1.82, 2.24) is 10.2 Å². The van der Waals surface area contributed by atoms with Crippen molar-refractivity contribution < 1.29 is 9.59 Å². The van der Waals surface area contributed by atoms with Gasteiger partial charge in [0, 0.05) is 30.1 Å². The lowest BCUT2D eigenvalue weighted by molar-refractivity contribution is -0.117. The van der Waals surface area contributed by atoms with Gasteiger partial charge in [-0.1, -0.05) is 31.3 Å². The molecule has 1 aromatic carbocycles. The van der Waals surface area contributed by atoms with E-state index < -0.39 is 0 Å².